The van der Waals surface area contributed by atoms with Crippen LogP contribution in [0.1, 0.15) is 5.69 Å². The Labute approximate surface area is 160 Å². The van der Waals surface area contributed by atoms with Crippen molar-refractivity contribution in [2.45, 2.75) is 6.92 Å². The van der Waals surface area contributed by atoms with Crippen molar-refractivity contribution in [1.29, 1.82) is 0 Å². The summed E-state index contributed by atoms with van der Waals surface area (Å²) in [5.41, 5.74) is 6.86. The van der Waals surface area contributed by atoms with Crippen LogP contribution in [0.2, 0.25) is 0 Å². The Hall–Kier alpha value is -2.79. The van der Waals surface area contributed by atoms with Crippen LogP contribution >= 0.6 is 15.9 Å². The number of rotatable bonds is 3. The number of aromatic nitrogens is 4. The van der Waals surface area contributed by atoms with Crippen LogP contribution in [0.4, 0.5) is 0 Å². The average Bonchev–Trinajstić information content (AvgIpc) is 3.04. The quantitative estimate of drug-likeness (QED) is 0.466. The van der Waals surface area contributed by atoms with E-state index in [9.17, 15) is 0 Å². The molecular weight excluding hydrogens is 388 g/mol. The van der Waals surface area contributed by atoms with Gasteiger partial charge in [-0.15, -0.1) is 0 Å². The fourth-order valence-corrected chi connectivity index (χ4v) is 3.20. The van der Waals surface area contributed by atoms with Crippen molar-refractivity contribution in [2.75, 3.05) is 0 Å². The molecule has 0 aliphatic heterocycles. The van der Waals surface area contributed by atoms with Gasteiger partial charge >= 0.3 is 0 Å². The van der Waals surface area contributed by atoms with Crippen LogP contribution in [0.15, 0.2) is 71.5 Å². The molecule has 0 bridgehead atoms. The van der Waals surface area contributed by atoms with Crippen molar-refractivity contribution >= 4 is 15.9 Å². The molecular formula is C21H17BrN4. The Morgan fingerprint density at radius 3 is 2.50 bits per heavy atom. The van der Waals surface area contributed by atoms with Crippen molar-refractivity contribution in [3.63, 3.8) is 0 Å². The van der Waals surface area contributed by atoms with Crippen LogP contribution in [0, 0.1) is 6.92 Å². The van der Waals surface area contributed by atoms with Crippen molar-refractivity contribution in [3.05, 3.63) is 77.2 Å². The topological polar surface area (TPSA) is 43.6 Å². The molecule has 0 aliphatic carbocycles. The van der Waals surface area contributed by atoms with Gasteiger partial charge in [-0.1, -0.05) is 34.1 Å². The number of benzene rings is 1. The smallest absolute Gasteiger partial charge is 0.118 e. The van der Waals surface area contributed by atoms with Crippen LogP contribution in [0.5, 0.6) is 0 Å². The summed E-state index contributed by atoms with van der Waals surface area (Å²) in [6.45, 7) is 1.99. The highest BCUT2D eigenvalue weighted by molar-refractivity contribution is 9.10. The van der Waals surface area contributed by atoms with Gasteiger partial charge in [0, 0.05) is 40.7 Å². The van der Waals surface area contributed by atoms with Gasteiger partial charge in [0.05, 0.1) is 11.4 Å². The molecule has 4 nitrogen and oxygen atoms in total. The van der Waals surface area contributed by atoms with Gasteiger partial charge in [0.2, 0.25) is 0 Å². The highest BCUT2D eigenvalue weighted by Gasteiger charge is 2.14. The third-order valence-electron chi connectivity index (χ3n) is 4.17. The standard InChI is InChI=1S/C21H17BrN4/c1-14-4-3-5-19(24-14)21-18(13-26(2)25-21)16-10-11-23-20(12-16)15-6-8-17(22)9-7-15/h3-13H,1-2H3. The van der Waals surface area contributed by atoms with Crippen molar-refractivity contribution in [2.24, 2.45) is 7.05 Å². The van der Waals surface area contributed by atoms with Gasteiger partial charge < -0.3 is 0 Å². The number of halogens is 1. The molecule has 0 atom stereocenters. The second-order valence-electron chi connectivity index (χ2n) is 6.17. The molecule has 0 radical (unpaired) electrons. The molecule has 128 valence electrons. The van der Waals surface area contributed by atoms with Crippen LogP contribution in [0.3, 0.4) is 0 Å². The maximum absolute atomic E-state index is 4.64. The molecule has 4 rings (SSSR count). The summed E-state index contributed by atoms with van der Waals surface area (Å²) in [7, 11) is 1.93. The van der Waals surface area contributed by atoms with Gasteiger partial charge in [0.1, 0.15) is 5.69 Å². The third-order valence-corrected chi connectivity index (χ3v) is 4.70. The fourth-order valence-electron chi connectivity index (χ4n) is 2.94. The van der Waals surface area contributed by atoms with E-state index in [1.807, 2.05) is 67.4 Å². The Morgan fingerprint density at radius 1 is 0.923 bits per heavy atom. The highest BCUT2D eigenvalue weighted by atomic mass is 79.9. The number of hydrogen-bond acceptors (Lipinski definition) is 3. The summed E-state index contributed by atoms with van der Waals surface area (Å²) >= 11 is 3.47. The van der Waals surface area contributed by atoms with Crippen molar-refractivity contribution in [1.82, 2.24) is 19.7 Å². The molecule has 4 aromatic rings. The summed E-state index contributed by atoms with van der Waals surface area (Å²) < 4.78 is 2.88. The van der Waals surface area contributed by atoms with E-state index in [-0.39, 0.29) is 0 Å². The predicted molar refractivity (Wildman–Crippen MR) is 108 cm³/mol. The first-order valence-electron chi connectivity index (χ1n) is 8.30. The molecule has 0 unspecified atom stereocenters. The number of hydrogen-bond donors (Lipinski definition) is 0. The molecule has 0 spiro atoms. The maximum Gasteiger partial charge on any atom is 0.118 e. The van der Waals surface area contributed by atoms with Crippen LogP contribution < -0.4 is 0 Å². The lowest BCUT2D eigenvalue weighted by Crippen LogP contribution is -1.91. The normalized spacial score (nSPS) is 10.9. The van der Waals surface area contributed by atoms with E-state index in [1.165, 1.54) is 0 Å². The molecule has 0 N–H and O–H groups in total. The fraction of sp³-hybridized carbons (Fsp3) is 0.0952. The number of aryl methyl sites for hydroxylation is 2. The lowest BCUT2D eigenvalue weighted by atomic mass is 10.0. The molecule has 26 heavy (non-hydrogen) atoms. The second kappa shape index (κ2) is 6.84. The molecule has 0 amide bonds. The monoisotopic (exact) mass is 404 g/mol. The van der Waals surface area contributed by atoms with E-state index in [2.05, 4.69) is 49.2 Å². The first-order valence-corrected chi connectivity index (χ1v) is 9.09. The Morgan fingerprint density at radius 2 is 1.73 bits per heavy atom. The maximum atomic E-state index is 4.64. The molecule has 3 aromatic heterocycles. The van der Waals surface area contributed by atoms with E-state index in [4.69, 9.17) is 0 Å². The summed E-state index contributed by atoms with van der Waals surface area (Å²) in [6, 6.07) is 18.3. The average molecular weight is 405 g/mol. The predicted octanol–water partition coefficient (Wildman–Crippen LogP) is 5.28. The van der Waals surface area contributed by atoms with Crippen molar-refractivity contribution in [3.8, 4) is 33.8 Å². The molecule has 0 saturated heterocycles. The molecule has 0 saturated carbocycles. The lowest BCUT2D eigenvalue weighted by Gasteiger charge is -2.06. The lowest BCUT2D eigenvalue weighted by molar-refractivity contribution is 0.770. The zero-order valence-corrected chi connectivity index (χ0v) is 16.1. The minimum atomic E-state index is 0.877. The zero-order chi connectivity index (χ0) is 18.1. The van der Waals surface area contributed by atoms with E-state index in [1.54, 1.807) is 0 Å². The Bertz CT molecular complexity index is 1070. The highest BCUT2D eigenvalue weighted by Crippen LogP contribution is 2.32. The first kappa shape index (κ1) is 16.7. The van der Waals surface area contributed by atoms with Gasteiger partial charge in [0.15, 0.2) is 0 Å². The van der Waals surface area contributed by atoms with E-state index >= 15 is 0 Å². The minimum Gasteiger partial charge on any atom is -0.274 e. The summed E-state index contributed by atoms with van der Waals surface area (Å²) in [5.74, 6) is 0. The Kier molecular flexibility index (Phi) is 4.39. The van der Waals surface area contributed by atoms with E-state index in [0.29, 0.717) is 0 Å². The molecule has 3 heterocycles. The summed E-state index contributed by atoms with van der Waals surface area (Å²) in [6.07, 6.45) is 3.87. The molecule has 0 aliphatic rings. The SMILES string of the molecule is Cc1cccc(-c2nn(C)cc2-c2ccnc(-c3ccc(Br)cc3)c2)n1. The number of nitrogens with zero attached hydrogens (tertiary/aromatic N) is 4. The summed E-state index contributed by atoms with van der Waals surface area (Å²) in [4.78, 5) is 9.17. The van der Waals surface area contributed by atoms with Crippen LogP contribution in [-0.4, -0.2) is 19.7 Å². The Balaban J connectivity index is 1.82. The first-order chi connectivity index (χ1) is 12.6. The van der Waals surface area contributed by atoms with Crippen molar-refractivity contribution < 1.29 is 0 Å². The van der Waals surface area contributed by atoms with E-state index < -0.39 is 0 Å². The van der Waals surface area contributed by atoms with Gasteiger partial charge in [0.25, 0.3) is 0 Å². The van der Waals surface area contributed by atoms with E-state index in [0.717, 1.165) is 43.9 Å². The minimum absolute atomic E-state index is 0.877. The zero-order valence-electron chi connectivity index (χ0n) is 14.5. The third kappa shape index (κ3) is 3.30. The molecule has 5 heteroatoms. The van der Waals surface area contributed by atoms with Gasteiger partial charge in [-0.2, -0.15) is 5.10 Å². The van der Waals surface area contributed by atoms with Crippen LogP contribution in [0.25, 0.3) is 33.8 Å². The van der Waals surface area contributed by atoms with Crippen LogP contribution in [-0.2, 0) is 7.05 Å². The van der Waals surface area contributed by atoms with Gasteiger partial charge in [-0.05, 0) is 48.9 Å². The second-order valence-corrected chi connectivity index (χ2v) is 7.08. The number of pyridine rings is 2. The largest absolute Gasteiger partial charge is 0.274 e. The molecule has 0 fully saturated rings. The summed E-state index contributed by atoms with van der Waals surface area (Å²) in [5, 5.41) is 4.64. The van der Waals surface area contributed by atoms with Gasteiger partial charge in [-0.3, -0.25) is 14.6 Å². The molecule has 1 aromatic carbocycles. The van der Waals surface area contributed by atoms with Gasteiger partial charge in [-0.25, -0.2) is 0 Å².